The molecule has 1 aromatic carbocycles. The van der Waals surface area contributed by atoms with Crippen LogP contribution in [-0.2, 0) is 17.9 Å². The highest BCUT2D eigenvalue weighted by atomic mass is 16.5. The van der Waals surface area contributed by atoms with Crippen LogP contribution < -0.4 is 15.4 Å². The van der Waals surface area contributed by atoms with Gasteiger partial charge in [0.05, 0.1) is 17.1 Å². The second-order valence-electron chi connectivity index (χ2n) is 5.38. The molecule has 0 saturated carbocycles. The first kappa shape index (κ1) is 14.6. The van der Waals surface area contributed by atoms with E-state index < -0.39 is 6.10 Å². The predicted octanol–water partition coefficient (Wildman–Crippen LogP) is 1.77. The summed E-state index contributed by atoms with van der Waals surface area (Å²) in [7, 11) is 1.76. The van der Waals surface area contributed by atoms with Crippen LogP contribution >= 0.6 is 0 Å². The summed E-state index contributed by atoms with van der Waals surface area (Å²) in [5.41, 5.74) is 9.30. The molecule has 1 aliphatic rings. The molecule has 6 heteroatoms. The quantitative estimate of drug-likeness (QED) is 0.937. The third-order valence-electron chi connectivity index (χ3n) is 3.97. The summed E-state index contributed by atoms with van der Waals surface area (Å²) in [6.07, 6.45) is -0.452. The molecule has 2 N–H and O–H groups in total. The number of hydrogen-bond donors (Lipinski definition) is 1. The second kappa shape index (κ2) is 5.46. The fourth-order valence-corrected chi connectivity index (χ4v) is 2.71. The van der Waals surface area contributed by atoms with Gasteiger partial charge in [-0.2, -0.15) is 5.10 Å². The number of nitrogens with two attached hydrogens (primary N) is 1. The molecule has 0 fully saturated rings. The van der Waals surface area contributed by atoms with E-state index in [0.29, 0.717) is 12.3 Å². The first-order valence-corrected chi connectivity index (χ1v) is 7.40. The maximum Gasteiger partial charge on any atom is 0.267 e. The van der Waals surface area contributed by atoms with E-state index in [0.717, 1.165) is 29.2 Å². The van der Waals surface area contributed by atoms with Crippen molar-refractivity contribution in [2.24, 2.45) is 5.73 Å². The summed E-state index contributed by atoms with van der Waals surface area (Å²) in [6, 6.07) is 7.76. The number of rotatable bonds is 3. The number of likely N-dealkylation sites (N-methyl/N-ethyl adjacent to an activating group) is 1. The average Bonchev–Trinajstić information content (AvgIpc) is 2.96. The zero-order chi connectivity index (χ0) is 15.9. The largest absolute Gasteiger partial charge is 0.479 e. The summed E-state index contributed by atoms with van der Waals surface area (Å²) < 4.78 is 7.53. The molecule has 0 bridgehead atoms. The lowest BCUT2D eigenvalue weighted by molar-refractivity contribution is -0.125. The van der Waals surface area contributed by atoms with Gasteiger partial charge in [-0.25, -0.2) is 0 Å². The highest BCUT2D eigenvalue weighted by Gasteiger charge is 2.29. The van der Waals surface area contributed by atoms with Crippen molar-refractivity contribution in [2.45, 2.75) is 33.0 Å². The van der Waals surface area contributed by atoms with Crippen LogP contribution in [-0.4, -0.2) is 28.8 Å². The summed E-state index contributed by atoms with van der Waals surface area (Å²) in [6.45, 7) is 5.01. The van der Waals surface area contributed by atoms with Gasteiger partial charge in [0.15, 0.2) is 6.10 Å². The van der Waals surface area contributed by atoms with E-state index in [1.165, 1.54) is 0 Å². The van der Waals surface area contributed by atoms with Crippen molar-refractivity contribution >= 4 is 11.6 Å². The monoisotopic (exact) mass is 300 g/mol. The molecule has 22 heavy (non-hydrogen) atoms. The second-order valence-corrected chi connectivity index (χ2v) is 5.38. The van der Waals surface area contributed by atoms with Gasteiger partial charge in [-0.1, -0.05) is 0 Å². The number of hydrogen-bond acceptors (Lipinski definition) is 4. The van der Waals surface area contributed by atoms with Gasteiger partial charge in [-0.05, 0) is 38.1 Å². The highest BCUT2D eigenvalue weighted by molar-refractivity contribution is 6.00. The molecule has 3 rings (SSSR count). The molecular formula is C16H20N4O2. The summed E-state index contributed by atoms with van der Waals surface area (Å²) >= 11 is 0. The molecular weight excluding hydrogens is 280 g/mol. The molecule has 1 amide bonds. The third kappa shape index (κ3) is 2.25. The van der Waals surface area contributed by atoms with E-state index in [9.17, 15) is 4.79 Å². The van der Waals surface area contributed by atoms with Crippen LogP contribution in [0.15, 0.2) is 24.3 Å². The zero-order valence-electron chi connectivity index (χ0n) is 13.0. The van der Waals surface area contributed by atoms with E-state index in [2.05, 4.69) is 5.10 Å². The number of aromatic nitrogens is 2. The van der Waals surface area contributed by atoms with Crippen LogP contribution in [0.1, 0.15) is 19.5 Å². The van der Waals surface area contributed by atoms with Gasteiger partial charge in [0, 0.05) is 25.7 Å². The van der Waals surface area contributed by atoms with Gasteiger partial charge in [0.2, 0.25) is 0 Å². The smallest absolute Gasteiger partial charge is 0.267 e. The molecule has 116 valence electrons. The predicted molar refractivity (Wildman–Crippen MR) is 84.7 cm³/mol. The molecule has 0 saturated heterocycles. The van der Waals surface area contributed by atoms with E-state index in [1.54, 1.807) is 18.9 Å². The van der Waals surface area contributed by atoms with Crippen molar-refractivity contribution < 1.29 is 9.53 Å². The molecule has 1 aromatic heterocycles. The molecule has 1 unspecified atom stereocenters. The van der Waals surface area contributed by atoms with Crippen molar-refractivity contribution in [3.63, 3.8) is 0 Å². The van der Waals surface area contributed by atoms with Crippen LogP contribution in [0.2, 0.25) is 0 Å². The van der Waals surface area contributed by atoms with E-state index >= 15 is 0 Å². The van der Waals surface area contributed by atoms with Gasteiger partial charge in [0.1, 0.15) is 5.75 Å². The fourth-order valence-electron chi connectivity index (χ4n) is 2.71. The Hall–Kier alpha value is -2.34. The Balaban J connectivity index is 2.04. The lowest BCUT2D eigenvalue weighted by Crippen LogP contribution is -2.41. The maximum absolute atomic E-state index is 12.1. The van der Waals surface area contributed by atoms with E-state index in [1.807, 2.05) is 35.9 Å². The summed E-state index contributed by atoms with van der Waals surface area (Å²) in [4.78, 5) is 13.7. The number of anilines is 1. The lowest BCUT2D eigenvalue weighted by Gasteiger charge is -2.30. The number of ether oxygens (including phenoxy) is 1. The zero-order valence-corrected chi connectivity index (χ0v) is 13.0. The Labute approximate surface area is 129 Å². The minimum atomic E-state index is -0.452. The van der Waals surface area contributed by atoms with E-state index in [-0.39, 0.29) is 5.91 Å². The summed E-state index contributed by atoms with van der Waals surface area (Å²) in [5, 5.41) is 4.57. The van der Waals surface area contributed by atoms with Crippen LogP contribution in [0.4, 0.5) is 5.69 Å². The van der Waals surface area contributed by atoms with Crippen LogP contribution in [0.3, 0.4) is 0 Å². The first-order valence-electron chi connectivity index (χ1n) is 7.40. The molecule has 0 radical (unpaired) electrons. The Kier molecular flexibility index (Phi) is 3.62. The molecule has 6 nitrogen and oxygen atoms in total. The molecule has 2 heterocycles. The normalized spacial score (nSPS) is 17.4. The van der Waals surface area contributed by atoms with Gasteiger partial charge < -0.3 is 15.4 Å². The minimum absolute atomic E-state index is 0.0496. The number of carbonyl (C=O) groups is 1. The molecule has 1 atom stereocenters. The average molecular weight is 300 g/mol. The Morgan fingerprint density at radius 3 is 2.77 bits per heavy atom. The van der Waals surface area contributed by atoms with Crippen LogP contribution in [0, 0.1) is 0 Å². The SMILES string of the molecule is CCn1nc(-c2ccc3c(c2)N(C)C(=O)C(C)O3)cc1CN. The maximum atomic E-state index is 12.1. The van der Waals surface area contributed by atoms with Crippen molar-refractivity contribution in [3.8, 4) is 17.0 Å². The summed E-state index contributed by atoms with van der Waals surface area (Å²) in [5.74, 6) is 0.665. The highest BCUT2D eigenvalue weighted by Crippen LogP contribution is 2.36. The topological polar surface area (TPSA) is 73.4 Å². The van der Waals surface area contributed by atoms with Gasteiger partial charge in [0.25, 0.3) is 5.91 Å². The number of aryl methyl sites for hydroxylation is 1. The van der Waals surface area contributed by atoms with Crippen LogP contribution in [0.5, 0.6) is 5.75 Å². The molecule has 0 aliphatic carbocycles. The standard InChI is InChI=1S/C16H20N4O2/c1-4-20-12(9-17)8-13(18-20)11-5-6-15-14(7-11)19(3)16(21)10(2)22-15/h5-8,10H,4,9,17H2,1-3H3. The molecule has 2 aromatic rings. The van der Waals surface area contributed by atoms with Gasteiger partial charge in [-0.15, -0.1) is 0 Å². The first-order chi connectivity index (χ1) is 10.5. The van der Waals surface area contributed by atoms with Crippen molar-refractivity contribution in [1.29, 1.82) is 0 Å². The van der Waals surface area contributed by atoms with Crippen LogP contribution in [0.25, 0.3) is 11.3 Å². The van der Waals surface area contributed by atoms with Crippen molar-refractivity contribution in [2.75, 3.05) is 11.9 Å². The van der Waals surface area contributed by atoms with E-state index in [4.69, 9.17) is 10.5 Å². The number of carbonyl (C=O) groups excluding carboxylic acids is 1. The number of amides is 1. The van der Waals surface area contributed by atoms with Crippen molar-refractivity contribution in [1.82, 2.24) is 9.78 Å². The number of nitrogens with zero attached hydrogens (tertiary/aromatic N) is 3. The fraction of sp³-hybridized carbons (Fsp3) is 0.375. The number of benzene rings is 1. The lowest BCUT2D eigenvalue weighted by atomic mass is 10.1. The van der Waals surface area contributed by atoms with Crippen molar-refractivity contribution in [3.05, 3.63) is 30.0 Å². The minimum Gasteiger partial charge on any atom is -0.479 e. The Bertz CT molecular complexity index is 701. The number of fused-ring (bicyclic) bond motifs is 1. The Morgan fingerprint density at radius 2 is 2.14 bits per heavy atom. The molecule has 1 aliphatic heterocycles. The molecule has 0 spiro atoms. The van der Waals surface area contributed by atoms with Gasteiger partial charge >= 0.3 is 0 Å². The third-order valence-corrected chi connectivity index (χ3v) is 3.97. The Morgan fingerprint density at radius 1 is 1.36 bits per heavy atom. The van der Waals surface area contributed by atoms with Gasteiger partial charge in [-0.3, -0.25) is 9.48 Å².